The number of hydrogen-bond donors (Lipinski definition) is 4. The fraction of sp³-hybridized carbons (Fsp3) is 0.357. The summed E-state index contributed by atoms with van der Waals surface area (Å²) in [4.78, 5) is 3.08. The number of thiol groups is 1. The smallest absolute Gasteiger partial charge is 0.146 e. The predicted octanol–water partition coefficient (Wildman–Crippen LogP) is 7.11. The Kier molecular flexibility index (Phi) is 23.1. The Balaban J connectivity index is 0.000000384. The van der Waals surface area contributed by atoms with E-state index in [-0.39, 0.29) is 17.2 Å². The summed E-state index contributed by atoms with van der Waals surface area (Å²) in [5, 5.41) is 27.1. The van der Waals surface area contributed by atoms with Gasteiger partial charge in [0.2, 0.25) is 0 Å². The molecule has 0 fully saturated rings. The van der Waals surface area contributed by atoms with Crippen molar-refractivity contribution in [2.75, 3.05) is 63.3 Å². The Bertz CT molecular complexity index is 904. The third kappa shape index (κ3) is 21.3. The Morgan fingerprint density at radius 1 is 0.525 bits per heavy atom. The minimum atomic E-state index is 0.280. The number of benzene rings is 3. The minimum Gasteiger partial charge on any atom is -0.508 e. The van der Waals surface area contributed by atoms with Gasteiger partial charge in [-0.2, -0.15) is 0 Å². The average molecular weight is 652 g/mol. The van der Waals surface area contributed by atoms with Crippen molar-refractivity contribution in [1.82, 2.24) is 0 Å². The van der Waals surface area contributed by atoms with Crippen molar-refractivity contribution < 1.29 is 34.3 Å². The fourth-order valence-corrected chi connectivity index (χ4v) is 4.34. The third-order valence-electron chi connectivity index (χ3n) is 4.29. The number of phenols is 3. The van der Waals surface area contributed by atoms with Crippen molar-refractivity contribution in [3.63, 3.8) is 0 Å². The first kappa shape index (κ1) is 36.6. The molecule has 0 aliphatic carbocycles. The van der Waals surface area contributed by atoms with Gasteiger partial charge >= 0.3 is 0 Å². The molecular formula is C28H36Cl2O7S3. The lowest BCUT2D eigenvalue weighted by molar-refractivity contribution is -0.0432. The highest BCUT2D eigenvalue weighted by Gasteiger charge is 1.97. The van der Waals surface area contributed by atoms with Gasteiger partial charge in [-0.25, -0.2) is 0 Å². The van der Waals surface area contributed by atoms with Crippen LogP contribution in [-0.2, 0) is 18.9 Å². The molecule has 12 heteroatoms. The van der Waals surface area contributed by atoms with Crippen molar-refractivity contribution in [2.24, 2.45) is 0 Å². The van der Waals surface area contributed by atoms with E-state index in [9.17, 15) is 10.2 Å². The largest absolute Gasteiger partial charge is 0.508 e. The van der Waals surface area contributed by atoms with Crippen LogP contribution in [0.5, 0.6) is 17.2 Å². The average Bonchev–Trinajstić information content (AvgIpc) is 2.96. The molecular weight excluding hydrogens is 615 g/mol. The first-order chi connectivity index (χ1) is 19.4. The van der Waals surface area contributed by atoms with Crippen LogP contribution in [0.2, 0.25) is 0 Å². The number of hydrogen-bond acceptors (Lipinski definition) is 10. The normalized spacial score (nSPS) is 10.3. The zero-order chi connectivity index (χ0) is 29.3. The van der Waals surface area contributed by atoms with Crippen LogP contribution >= 0.6 is 59.4 Å². The molecule has 40 heavy (non-hydrogen) atoms. The highest BCUT2D eigenvalue weighted by molar-refractivity contribution is 7.99. The zero-order valence-electron chi connectivity index (χ0n) is 22.0. The van der Waals surface area contributed by atoms with Crippen molar-refractivity contribution in [2.45, 2.75) is 14.7 Å². The number of aromatic hydroxyl groups is 3. The third-order valence-corrected chi connectivity index (χ3v) is 6.85. The van der Waals surface area contributed by atoms with E-state index in [4.69, 9.17) is 47.3 Å². The predicted molar refractivity (Wildman–Crippen MR) is 168 cm³/mol. The van der Waals surface area contributed by atoms with E-state index in [1.54, 1.807) is 72.1 Å². The maximum Gasteiger partial charge on any atom is 0.146 e. The monoisotopic (exact) mass is 650 g/mol. The fourth-order valence-electron chi connectivity index (χ4n) is 2.44. The van der Waals surface area contributed by atoms with Crippen molar-refractivity contribution >= 4 is 59.4 Å². The molecule has 3 N–H and O–H groups in total. The van der Waals surface area contributed by atoms with Gasteiger partial charge in [0.1, 0.15) is 30.8 Å². The Morgan fingerprint density at radius 3 is 1.18 bits per heavy atom. The van der Waals surface area contributed by atoms with E-state index in [1.807, 2.05) is 24.3 Å². The number of phenolic OH excluding ortho intramolecular Hbond substituents is 3. The van der Waals surface area contributed by atoms with Crippen molar-refractivity contribution in [3.8, 4) is 17.2 Å². The first-order valence-electron chi connectivity index (χ1n) is 12.2. The second-order valence-electron chi connectivity index (χ2n) is 7.45. The highest BCUT2D eigenvalue weighted by atomic mass is 35.5. The number of thioether (sulfide) groups is 2. The number of alkyl halides is 2. The molecule has 0 amide bonds. The number of ether oxygens (including phenoxy) is 4. The number of rotatable bonds is 16. The van der Waals surface area contributed by atoms with E-state index in [2.05, 4.69) is 12.6 Å². The number of halogens is 2. The molecule has 0 atom stereocenters. The van der Waals surface area contributed by atoms with Gasteiger partial charge in [0, 0.05) is 38.0 Å². The molecule has 3 aromatic rings. The maximum absolute atomic E-state index is 9.19. The topological polar surface area (TPSA) is 97.6 Å². The Labute approximate surface area is 260 Å². The molecule has 0 unspecified atom stereocenters. The van der Waals surface area contributed by atoms with Crippen LogP contribution < -0.4 is 0 Å². The molecule has 222 valence electrons. The Morgan fingerprint density at radius 2 is 0.850 bits per heavy atom. The lowest BCUT2D eigenvalue weighted by Gasteiger charge is -2.06. The van der Waals surface area contributed by atoms with Gasteiger partial charge in [-0.3, -0.25) is 0 Å². The van der Waals surface area contributed by atoms with Crippen LogP contribution in [0.15, 0.2) is 87.5 Å². The molecule has 0 aromatic heterocycles. The standard InChI is InChI=1S/C17H20O4S2.C6H6OS.C5H10Cl2O2/c18-14-1-5-16(6-2-14)22-11-9-20-13-21-10-12-23-17-7-3-15(19)4-8-17;7-5-1-3-6(8)4-2-5;6-1-3-8-5-9-4-2-7/h1-8,18-19H,9-13H2;1-4,7-8H;1-5H2. The second kappa shape index (κ2) is 25.3. The summed E-state index contributed by atoms with van der Waals surface area (Å²) in [5.74, 6) is 3.54. The summed E-state index contributed by atoms with van der Waals surface area (Å²) in [6.07, 6.45) is 0. The molecule has 0 heterocycles. The SMILES string of the molecule is ClCCOCOCCCl.Oc1ccc(S)cc1.Oc1ccc(SCCOCOCCSc2ccc(O)cc2)cc1. The van der Waals surface area contributed by atoms with Gasteiger partial charge in [0.15, 0.2) is 0 Å². The van der Waals surface area contributed by atoms with Crippen LogP contribution in [-0.4, -0.2) is 78.6 Å². The van der Waals surface area contributed by atoms with E-state index >= 15 is 0 Å². The minimum absolute atomic E-state index is 0.280. The highest BCUT2D eigenvalue weighted by Crippen LogP contribution is 2.21. The molecule has 0 aliphatic heterocycles. The molecule has 3 rings (SSSR count). The van der Waals surface area contributed by atoms with Gasteiger partial charge in [0.25, 0.3) is 0 Å². The van der Waals surface area contributed by atoms with Crippen molar-refractivity contribution in [3.05, 3.63) is 72.8 Å². The Hall–Kier alpha value is -1.47. The summed E-state index contributed by atoms with van der Waals surface area (Å²) >= 11 is 18.0. The van der Waals surface area contributed by atoms with Gasteiger partial charge < -0.3 is 34.3 Å². The van der Waals surface area contributed by atoms with Gasteiger partial charge in [-0.1, -0.05) is 0 Å². The van der Waals surface area contributed by atoms with Crippen LogP contribution in [0.3, 0.4) is 0 Å². The summed E-state index contributed by atoms with van der Waals surface area (Å²) in [7, 11) is 0. The maximum atomic E-state index is 9.19. The van der Waals surface area contributed by atoms with Crippen LogP contribution in [0.1, 0.15) is 0 Å². The molecule has 0 aliphatic rings. The second-order valence-corrected chi connectivity index (χ2v) is 11.1. The summed E-state index contributed by atoms with van der Waals surface area (Å²) < 4.78 is 20.6. The zero-order valence-corrected chi connectivity index (χ0v) is 26.0. The van der Waals surface area contributed by atoms with Crippen LogP contribution in [0.4, 0.5) is 0 Å². The molecule has 0 bridgehead atoms. The van der Waals surface area contributed by atoms with E-state index in [1.165, 1.54) is 0 Å². The summed E-state index contributed by atoms with van der Waals surface area (Å²) in [5.41, 5.74) is 0. The van der Waals surface area contributed by atoms with Gasteiger partial charge in [-0.15, -0.1) is 59.4 Å². The molecule has 0 saturated heterocycles. The van der Waals surface area contributed by atoms with Gasteiger partial charge in [0.05, 0.1) is 26.4 Å². The lowest BCUT2D eigenvalue weighted by atomic mass is 10.3. The van der Waals surface area contributed by atoms with E-state index in [0.29, 0.717) is 51.8 Å². The summed E-state index contributed by atoms with van der Waals surface area (Å²) in [6.45, 7) is 2.90. The summed E-state index contributed by atoms with van der Waals surface area (Å²) in [6, 6.07) is 20.9. The molecule has 3 aromatic carbocycles. The molecule has 7 nitrogen and oxygen atoms in total. The van der Waals surface area contributed by atoms with Gasteiger partial charge in [-0.05, 0) is 72.8 Å². The van der Waals surface area contributed by atoms with E-state index < -0.39 is 0 Å². The van der Waals surface area contributed by atoms with Crippen LogP contribution in [0.25, 0.3) is 0 Å². The molecule has 0 spiro atoms. The van der Waals surface area contributed by atoms with E-state index in [0.717, 1.165) is 26.2 Å². The molecule has 0 saturated carbocycles. The van der Waals surface area contributed by atoms with Crippen molar-refractivity contribution in [1.29, 1.82) is 0 Å². The lowest BCUT2D eigenvalue weighted by Crippen LogP contribution is -2.05. The quantitative estimate of drug-likeness (QED) is 0.0425. The first-order valence-corrected chi connectivity index (χ1v) is 15.7. The van der Waals surface area contributed by atoms with Crippen LogP contribution in [0, 0.1) is 0 Å². The molecule has 0 radical (unpaired) electrons.